The van der Waals surface area contributed by atoms with Crippen molar-refractivity contribution in [1.82, 2.24) is 5.32 Å². The smallest absolute Gasteiger partial charge is 0.0506 e. The Morgan fingerprint density at radius 2 is 2.38 bits per heavy atom. The fraction of sp³-hybridized carbons (Fsp3) is 1.00. The fourth-order valence-corrected chi connectivity index (χ4v) is 1.65. The summed E-state index contributed by atoms with van der Waals surface area (Å²) in [5, 5.41) is 3.53. The summed E-state index contributed by atoms with van der Waals surface area (Å²) in [4.78, 5) is 0. The van der Waals surface area contributed by atoms with Gasteiger partial charge in [0.05, 0.1) is 6.61 Å². The zero-order valence-electron chi connectivity index (χ0n) is 9.01. The van der Waals surface area contributed by atoms with Crippen LogP contribution in [0.3, 0.4) is 0 Å². The van der Waals surface area contributed by atoms with Crippen molar-refractivity contribution in [2.24, 2.45) is 11.8 Å². The van der Waals surface area contributed by atoms with Crippen LogP contribution in [0, 0.1) is 11.8 Å². The van der Waals surface area contributed by atoms with Gasteiger partial charge in [0.2, 0.25) is 0 Å². The van der Waals surface area contributed by atoms with E-state index in [-0.39, 0.29) is 0 Å². The second kappa shape index (κ2) is 6.39. The Kier molecular flexibility index (Phi) is 5.40. The highest BCUT2D eigenvalue weighted by Gasteiger charge is 2.13. The van der Waals surface area contributed by atoms with E-state index < -0.39 is 0 Å². The molecule has 1 saturated heterocycles. The SMILES string of the molecule is CCC(C)CNCC1CCCOC1. The Hall–Kier alpha value is -0.0800. The van der Waals surface area contributed by atoms with Crippen LogP contribution >= 0.6 is 0 Å². The molecular formula is C11H23NO. The van der Waals surface area contributed by atoms with Crippen molar-refractivity contribution in [1.29, 1.82) is 0 Å². The molecule has 0 bridgehead atoms. The normalized spacial score (nSPS) is 25.8. The molecule has 0 saturated carbocycles. The molecule has 0 aliphatic carbocycles. The van der Waals surface area contributed by atoms with E-state index in [4.69, 9.17) is 4.74 Å². The van der Waals surface area contributed by atoms with Gasteiger partial charge in [-0.3, -0.25) is 0 Å². The molecule has 13 heavy (non-hydrogen) atoms. The second-order valence-corrected chi connectivity index (χ2v) is 4.25. The van der Waals surface area contributed by atoms with Crippen LogP contribution in [0.1, 0.15) is 33.1 Å². The summed E-state index contributed by atoms with van der Waals surface area (Å²) in [6.45, 7) is 8.78. The van der Waals surface area contributed by atoms with Crippen molar-refractivity contribution in [3.8, 4) is 0 Å². The molecule has 0 aromatic heterocycles. The fourth-order valence-electron chi connectivity index (χ4n) is 1.65. The van der Waals surface area contributed by atoms with E-state index in [1.54, 1.807) is 0 Å². The van der Waals surface area contributed by atoms with Crippen molar-refractivity contribution in [3.05, 3.63) is 0 Å². The quantitative estimate of drug-likeness (QED) is 0.708. The maximum absolute atomic E-state index is 5.43. The van der Waals surface area contributed by atoms with E-state index in [0.29, 0.717) is 0 Å². The van der Waals surface area contributed by atoms with Crippen LogP contribution in [0.5, 0.6) is 0 Å². The second-order valence-electron chi connectivity index (χ2n) is 4.25. The summed E-state index contributed by atoms with van der Waals surface area (Å²) in [5.74, 6) is 1.57. The molecule has 0 radical (unpaired) electrons. The Labute approximate surface area is 82.0 Å². The predicted molar refractivity (Wildman–Crippen MR) is 55.9 cm³/mol. The van der Waals surface area contributed by atoms with Gasteiger partial charge in [0.25, 0.3) is 0 Å². The summed E-state index contributed by atoms with van der Waals surface area (Å²) in [6, 6.07) is 0. The first kappa shape index (κ1) is 11.0. The van der Waals surface area contributed by atoms with E-state index >= 15 is 0 Å². The molecule has 0 aromatic rings. The highest BCUT2D eigenvalue weighted by atomic mass is 16.5. The third kappa shape index (κ3) is 4.63. The van der Waals surface area contributed by atoms with E-state index in [2.05, 4.69) is 19.2 Å². The predicted octanol–water partition coefficient (Wildman–Crippen LogP) is 2.05. The Morgan fingerprint density at radius 3 is 3.00 bits per heavy atom. The maximum Gasteiger partial charge on any atom is 0.0506 e. The van der Waals surface area contributed by atoms with E-state index in [9.17, 15) is 0 Å². The highest BCUT2D eigenvalue weighted by Crippen LogP contribution is 2.12. The molecule has 0 aromatic carbocycles. The third-order valence-corrected chi connectivity index (χ3v) is 2.88. The molecule has 1 N–H and O–H groups in total. The first-order valence-corrected chi connectivity index (χ1v) is 5.61. The highest BCUT2D eigenvalue weighted by molar-refractivity contribution is 4.66. The van der Waals surface area contributed by atoms with Gasteiger partial charge >= 0.3 is 0 Å². The van der Waals surface area contributed by atoms with Gasteiger partial charge in [-0.25, -0.2) is 0 Å². The monoisotopic (exact) mass is 185 g/mol. The molecule has 1 rings (SSSR count). The van der Waals surface area contributed by atoms with Gasteiger partial charge in [-0.1, -0.05) is 20.3 Å². The van der Waals surface area contributed by atoms with Crippen LogP contribution in [0.25, 0.3) is 0 Å². The number of rotatable bonds is 5. The standard InChI is InChI=1S/C11H23NO/c1-3-10(2)7-12-8-11-5-4-6-13-9-11/h10-12H,3-9H2,1-2H3. The molecule has 2 heteroatoms. The zero-order chi connectivity index (χ0) is 9.52. The van der Waals surface area contributed by atoms with Gasteiger partial charge in [0, 0.05) is 13.2 Å². The van der Waals surface area contributed by atoms with Gasteiger partial charge in [0.1, 0.15) is 0 Å². The maximum atomic E-state index is 5.43. The molecule has 2 nitrogen and oxygen atoms in total. The first-order valence-electron chi connectivity index (χ1n) is 5.61. The van der Waals surface area contributed by atoms with Crippen LogP contribution in [0.15, 0.2) is 0 Å². The van der Waals surface area contributed by atoms with Gasteiger partial charge in [-0.2, -0.15) is 0 Å². The van der Waals surface area contributed by atoms with Crippen LogP contribution in [-0.2, 0) is 4.74 Å². The van der Waals surface area contributed by atoms with Gasteiger partial charge in [0.15, 0.2) is 0 Å². The molecule has 1 fully saturated rings. The number of nitrogens with one attached hydrogen (secondary N) is 1. The van der Waals surface area contributed by atoms with Crippen molar-refractivity contribution >= 4 is 0 Å². The van der Waals surface area contributed by atoms with E-state index in [1.807, 2.05) is 0 Å². The summed E-state index contributed by atoms with van der Waals surface area (Å²) in [6.07, 6.45) is 3.86. The topological polar surface area (TPSA) is 21.3 Å². The molecule has 2 atom stereocenters. The summed E-state index contributed by atoms with van der Waals surface area (Å²) in [7, 11) is 0. The number of hydrogen-bond donors (Lipinski definition) is 1. The third-order valence-electron chi connectivity index (χ3n) is 2.88. The minimum atomic E-state index is 0.762. The molecule has 1 aliphatic heterocycles. The van der Waals surface area contributed by atoms with Crippen molar-refractivity contribution in [3.63, 3.8) is 0 Å². The van der Waals surface area contributed by atoms with Crippen LogP contribution < -0.4 is 5.32 Å². The lowest BCUT2D eigenvalue weighted by atomic mass is 10.0. The lowest BCUT2D eigenvalue weighted by molar-refractivity contribution is 0.0546. The Bertz CT molecular complexity index is 121. The zero-order valence-corrected chi connectivity index (χ0v) is 9.01. The largest absolute Gasteiger partial charge is 0.381 e. The Balaban J connectivity index is 1.98. The molecule has 0 amide bonds. The van der Waals surface area contributed by atoms with E-state index in [1.165, 1.54) is 19.3 Å². The lowest BCUT2D eigenvalue weighted by Crippen LogP contribution is -2.31. The van der Waals surface area contributed by atoms with E-state index in [0.717, 1.165) is 38.1 Å². The van der Waals surface area contributed by atoms with Gasteiger partial charge < -0.3 is 10.1 Å². The molecular weight excluding hydrogens is 162 g/mol. The molecule has 0 spiro atoms. The average molecular weight is 185 g/mol. The minimum absolute atomic E-state index is 0.762. The van der Waals surface area contributed by atoms with Crippen LogP contribution in [0.4, 0.5) is 0 Å². The molecule has 2 unspecified atom stereocenters. The van der Waals surface area contributed by atoms with Crippen molar-refractivity contribution in [2.75, 3.05) is 26.3 Å². The molecule has 1 aliphatic rings. The Morgan fingerprint density at radius 1 is 1.54 bits per heavy atom. The lowest BCUT2D eigenvalue weighted by Gasteiger charge is -2.23. The van der Waals surface area contributed by atoms with Crippen LogP contribution in [-0.4, -0.2) is 26.3 Å². The summed E-state index contributed by atoms with van der Waals surface area (Å²) < 4.78 is 5.43. The van der Waals surface area contributed by atoms with Crippen molar-refractivity contribution in [2.45, 2.75) is 33.1 Å². The summed E-state index contributed by atoms with van der Waals surface area (Å²) >= 11 is 0. The first-order chi connectivity index (χ1) is 6.33. The average Bonchev–Trinajstić information content (AvgIpc) is 2.19. The number of ether oxygens (including phenoxy) is 1. The summed E-state index contributed by atoms with van der Waals surface area (Å²) in [5.41, 5.74) is 0. The van der Waals surface area contributed by atoms with Crippen LogP contribution in [0.2, 0.25) is 0 Å². The van der Waals surface area contributed by atoms with Crippen molar-refractivity contribution < 1.29 is 4.74 Å². The van der Waals surface area contributed by atoms with Gasteiger partial charge in [-0.15, -0.1) is 0 Å². The molecule has 1 heterocycles. The minimum Gasteiger partial charge on any atom is -0.381 e. The van der Waals surface area contributed by atoms with Gasteiger partial charge in [-0.05, 0) is 31.2 Å². The number of hydrogen-bond acceptors (Lipinski definition) is 2. The molecule has 78 valence electrons.